The molecule has 144 valence electrons. The highest BCUT2D eigenvalue weighted by Crippen LogP contribution is 2.19. The number of aromatic nitrogens is 2. The average molecular weight is 389 g/mol. The lowest BCUT2D eigenvalue weighted by atomic mass is 10.2. The van der Waals surface area contributed by atoms with Crippen LogP contribution in [-0.4, -0.2) is 68.2 Å². The first-order valence-electron chi connectivity index (χ1n) is 8.69. The van der Waals surface area contributed by atoms with Crippen molar-refractivity contribution in [2.45, 2.75) is 6.92 Å². The van der Waals surface area contributed by atoms with Gasteiger partial charge in [-0.1, -0.05) is 17.7 Å². The van der Waals surface area contributed by atoms with Gasteiger partial charge in [0.25, 0.3) is 0 Å². The summed E-state index contributed by atoms with van der Waals surface area (Å²) < 4.78 is 25.6. The SMILES string of the molecule is Cc1ccc(N(CC(=O)N2CCN(c3ncccn3)CC2)S(C)(=O)=O)cc1. The maximum atomic E-state index is 12.7. The Morgan fingerprint density at radius 3 is 2.22 bits per heavy atom. The highest BCUT2D eigenvalue weighted by atomic mass is 32.2. The second-order valence-corrected chi connectivity index (χ2v) is 8.43. The molecule has 9 heteroatoms. The summed E-state index contributed by atoms with van der Waals surface area (Å²) in [7, 11) is -3.56. The van der Waals surface area contributed by atoms with Crippen molar-refractivity contribution in [3.8, 4) is 0 Å². The fourth-order valence-corrected chi connectivity index (χ4v) is 3.79. The van der Waals surface area contributed by atoms with Gasteiger partial charge in [-0.05, 0) is 25.1 Å². The molecule has 1 aromatic carbocycles. The van der Waals surface area contributed by atoms with Crippen molar-refractivity contribution in [2.24, 2.45) is 0 Å². The highest BCUT2D eigenvalue weighted by Gasteiger charge is 2.27. The zero-order chi connectivity index (χ0) is 19.4. The molecule has 0 unspecified atom stereocenters. The van der Waals surface area contributed by atoms with E-state index < -0.39 is 10.0 Å². The molecule has 0 spiro atoms. The fraction of sp³-hybridized carbons (Fsp3) is 0.389. The first kappa shape index (κ1) is 19.1. The van der Waals surface area contributed by atoms with E-state index in [2.05, 4.69) is 9.97 Å². The third-order valence-electron chi connectivity index (χ3n) is 4.47. The quantitative estimate of drug-likeness (QED) is 0.755. The van der Waals surface area contributed by atoms with Crippen LogP contribution in [0.5, 0.6) is 0 Å². The zero-order valence-corrected chi connectivity index (χ0v) is 16.3. The lowest BCUT2D eigenvalue weighted by Gasteiger charge is -2.35. The van der Waals surface area contributed by atoms with Gasteiger partial charge >= 0.3 is 0 Å². The standard InChI is InChI=1S/C18H23N5O3S/c1-15-4-6-16(7-5-15)23(27(2,25)26)14-17(24)21-10-12-22(13-11-21)18-19-8-3-9-20-18/h3-9H,10-14H2,1-2H3. The number of rotatable bonds is 5. The van der Waals surface area contributed by atoms with Gasteiger partial charge in [0.1, 0.15) is 6.54 Å². The van der Waals surface area contributed by atoms with Crippen molar-refractivity contribution >= 4 is 27.6 Å². The van der Waals surface area contributed by atoms with E-state index in [-0.39, 0.29) is 12.5 Å². The van der Waals surface area contributed by atoms with E-state index in [1.165, 1.54) is 0 Å². The van der Waals surface area contributed by atoms with Gasteiger partial charge in [0.15, 0.2) is 0 Å². The van der Waals surface area contributed by atoms with Gasteiger partial charge in [0.05, 0.1) is 11.9 Å². The Labute approximate surface area is 159 Å². The minimum atomic E-state index is -3.56. The summed E-state index contributed by atoms with van der Waals surface area (Å²) in [6.45, 7) is 3.95. The van der Waals surface area contributed by atoms with Crippen molar-refractivity contribution in [3.05, 3.63) is 48.3 Å². The van der Waals surface area contributed by atoms with Crippen LogP contribution in [0, 0.1) is 6.92 Å². The number of hydrogen-bond donors (Lipinski definition) is 0. The third-order valence-corrected chi connectivity index (χ3v) is 5.61. The molecule has 0 radical (unpaired) electrons. The van der Waals surface area contributed by atoms with Gasteiger partial charge in [-0.2, -0.15) is 0 Å². The van der Waals surface area contributed by atoms with Crippen LogP contribution < -0.4 is 9.21 Å². The molecule has 2 heterocycles. The molecule has 8 nitrogen and oxygen atoms in total. The lowest BCUT2D eigenvalue weighted by molar-refractivity contribution is -0.129. The largest absolute Gasteiger partial charge is 0.338 e. The van der Waals surface area contributed by atoms with Gasteiger partial charge in [-0.3, -0.25) is 9.10 Å². The number of amides is 1. The normalized spacial score (nSPS) is 14.9. The summed E-state index contributed by atoms with van der Waals surface area (Å²) in [6, 6.07) is 8.85. The molecule has 0 aliphatic carbocycles. The van der Waals surface area contributed by atoms with E-state index >= 15 is 0 Å². The number of aryl methyl sites for hydroxylation is 1. The van der Waals surface area contributed by atoms with Gasteiger partial charge in [0, 0.05) is 38.6 Å². The monoisotopic (exact) mass is 389 g/mol. The summed E-state index contributed by atoms with van der Waals surface area (Å²) >= 11 is 0. The molecule has 1 aliphatic heterocycles. The number of carbonyl (C=O) groups is 1. The highest BCUT2D eigenvalue weighted by molar-refractivity contribution is 7.92. The number of hydrogen-bond acceptors (Lipinski definition) is 6. The summed E-state index contributed by atoms with van der Waals surface area (Å²) in [5, 5.41) is 0. The number of carbonyl (C=O) groups excluding carboxylic acids is 1. The minimum absolute atomic E-state index is 0.205. The summed E-state index contributed by atoms with van der Waals surface area (Å²) in [5.74, 6) is 0.427. The van der Waals surface area contributed by atoms with Crippen molar-refractivity contribution in [2.75, 3.05) is 48.2 Å². The molecule has 0 N–H and O–H groups in total. The second-order valence-electron chi connectivity index (χ2n) is 6.52. The van der Waals surface area contributed by atoms with Crippen molar-refractivity contribution in [3.63, 3.8) is 0 Å². The number of benzene rings is 1. The summed E-state index contributed by atoms with van der Waals surface area (Å²) in [5.41, 5.74) is 1.52. The van der Waals surface area contributed by atoms with Crippen LogP contribution in [-0.2, 0) is 14.8 Å². The molecule has 1 aromatic heterocycles. The lowest BCUT2D eigenvalue weighted by Crippen LogP contribution is -2.52. The Kier molecular flexibility index (Phi) is 5.59. The molecule has 1 aliphatic rings. The van der Waals surface area contributed by atoms with E-state index in [9.17, 15) is 13.2 Å². The average Bonchev–Trinajstić information content (AvgIpc) is 2.67. The molecule has 1 fully saturated rings. The molecule has 0 atom stereocenters. The van der Waals surface area contributed by atoms with E-state index in [4.69, 9.17) is 0 Å². The molecular weight excluding hydrogens is 366 g/mol. The molecule has 2 aromatic rings. The number of sulfonamides is 1. The van der Waals surface area contributed by atoms with E-state index in [0.29, 0.717) is 37.8 Å². The molecule has 27 heavy (non-hydrogen) atoms. The summed E-state index contributed by atoms with van der Waals surface area (Å²) in [4.78, 5) is 24.9. The Hall–Kier alpha value is -2.68. The Morgan fingerprint density at radius 2 is 1.67 bits per heavy atom. The van der Waals surface area contributed by atoms with Crippen molar-refractivity contribution in [1.29, 1.82) is 0 Å². The fourth-order valence-electron chi connectivity index (χ4n) is 2.94. The van der Waals surface area contributed by atoms with Crippen LogP contribution in [0.3, 0.4) is 0 Å². The topological polar surface area (TPSA) is 86.7 Å². The molecule has 0 bridgehead atoms. The van der Waals surface area contributed by atoms with E-state index in [0.717, 1.165) is 16.1 Å². The third kappa shape index (κ3) is 4.73. The molecular formula is C18H23N5O3S. The van der Waals surface area contributed by atoms with Crippen LogP contribution in [0.15, 0.2) is 42.7 Å². The van der Waals surface area contributed by atoms with Gasteiger partial charge < -0.3 is 9.80 Å². The number of piperazine rings is 1. The predicted molar refractivity (Wildman–Crippen MR) is 104 cm³/mol. The van der Waals surface area contributed by atoms with Crippen LogP contribution in [0.1, 0.15) is 5.56 Å². The predicted octanol–water partition coefficient (Wildman–Crippen LogP) is 0.900. The molecule has 3 rings (SSSR count). The Morgan fingerprint density at radius 1 is 1.07 bits per heavy atom. The maximum absolute atomic E-state index is 12.7. The van der Waals surface area contributed by atoms with Crippen molar-refractivity contribution < 1.29 is 13.2 Å². The molecule has 0 saturated carbocycles. The van der Waals surface area contributed by atoms with Crippen LogP contribution in [0.25, 0.3) is 0 Å². The zero-order valence-electron chi connectivity index (χ0n) is 15.4. The van der Waals surface area contributed by atoms with Gasteiger partial charge in [-0.15, -0.1) is 0 Å². The Balaban J connectivity index is 1.66. The van der Waals surface area contributed by atoms with E-state index in [1.54, 1.807) is 35.5 Å². The smallest absolute Gasteiger partial charge is 0.243 e. The Bertz CT molecular complexity index is 879. The van der Waals surface area contributed by atoms with Gasteiger partial charge in [-0.25, -0.2) is 18.4 Å². The minimum Gasteiger partial charge on any atom is -0.338 e. The molecule has 1 amide bonds. The first-order chi connectivity index (χ1) is 12.8. The van der Waals surface area contributed by atoms with Crippen LogP contribution >= 0.6 is 0 Å². The number of anilines is 2. The molecule has 1 saturated heterocycles. The van der Waals surface area contributed by atoms with Crippen molar-refractivity contribution in [1.82, 2.24) is 14.9 Å². The van der Waals surface area contributed by atoms with Crippen LogP contribution in [0.2, 0.25) is 0 Å². The maximum Gasteiger partial charge on any atom is 0.243 e. The van der Waals surface area contributed by atoms with E-state index in [1.807, 2.05) is 24.0 Å². The summed E-state index contributed by atoms with van der Waals surface area (Å²) in [6.07, 6.45) is 4.49. The second kappa shape index (κ2) is 7.91. The van der Waals surface area contributed by atoms with Crippen LogP contribution in [0.4, 0.5) is 11.6 Å². The van der Waals surface area contributed by atoms with Gasteiger partial charge in [0.2, 0.25) is 21.9 Å². The first-order valence-corrected chi connectivity index (χ1v) is 10.5. The number of nitrogens with zero attached hydrogens (tertiary/aromatic N) is 5.